The second kappa shape index (κ2) is 17.9. The Bertz CT molecular complexity index is 2230. The van der Waals surface area contributed by atoms with E-state index in [2.05, 4.69) is 0 Å². The number of benzene rings is 5. The van der Waals surface area contributed by atoms with Gasteiger partial charge in [-0.2, -0.15) is 52.7 Å². The maximum absolute atomic E-state index is 14.3. The second-order valence-corrected chi connectivity index (χ2v) is 20.7. The fourth-order valence-electron chi connectivity index (χ4n) is 9.11. The molecule has 0 aromatic heterocycles. The van der Waals surface area contributed by atoms with Gasteiger partial charge in [0.15, 0.2) is 0 Å². The molecule has 16 heteroatoms. The number of halogens is 12. The SMILES string of the molecule is COc1c(C)cc(P(c2cc(C)c(OC)c(C)c2)c2ccccc2[C@H]2CCCC2[C@@H](C)P(c2cc(C(F)(F)F)cc(C(F)(F)F)c2)c2cc(C(F)(F)F)cc(C(F)(F)F)c2)cc1C. The van der Waals surface area contributed by atoms with Gasteiger partial charge in [-0.1, -0.05) is 37.6 Å². The molecule has 338 valence electrons. The maximum Gasteiger partial charge on any atom is 0.416 e. The average molecular weight is 931 g/mol. The van der Waals surface area contributed by atoms with E-state index in [9.17, 15) is 52.7 Å². The molecule has 5 aromatic rings. The predicted octanol–water partition coefficient (Wildman–Crippen LogP) is 13.2. The molecule has 0 aliphatic heterocycles. The van der Waals surface area contributed by atoms with E-state index in [0.29, 0.717) is 55.0 Å². The van der Waals surface area contributed by atoms with Crippen molar-refractivity contribution in [2.24, 2.45) is 5.92 Å². The summed E-state index contributed by atoms with van der Waals surface area (Å²) in [4.78, 5) is 0. The van der Waals surface area contributed by atoms with Crippen molar-refractivity contribution in [1.82, 2.24) is 0 Å². The summed E-state index contributed by atoms with van der Waals surface area (Å²) in [5.74, 6) is 0.371. The third-order valence-electron chi connectivity index (χ3n) is 11.7. The number of aryl methyl sites for hydroxylation is 4. The standard InChI is InChI=1S/C47H44F12O2P2/c1-25-15-34(16-26(2)42(25)60-6)63(35-17-27(3)43(61-7)28(4)18-35)41-14-9-8-11-40(41)39-13-10-12-38(39)29(5)62(36-21-30(44(48,49)50)19-31(22-36)45(51,52)53)37-23-32(46(54,55)56)20-33(24-37)47(57,58)59/h8-9,11,14-24,29,38-39H,10,12-13H2,1-7H3/t29-,38?,39+/m1/s1. The Morgan fingerprint density at radius 3 is 1.22 bits per heavy atom. The van der Waals surface area contributed by atoms with Gasteiger partial charge in [-0.25, -0.2) is 0 Å². The van der Waals surface area contributed by atoms with Crippen molar-refractivity contribution in [1.29, 1.82) is 0 Å². The first-order valence-electron chi connectivity index (χ1n) is 19.8. The molecule has 3 atom stereocenters. The van der Waals surface area contributed by atoms with Crippen LogP contribution in [0.4, 0.5) is 52.7 Å². The van der Waals surface area contributed by atoms with E-state index in [4.69, 9.17) is 9.47 Å². The summed E-state index contributed by atoms with van der Waals surface area (Å²) in [6.07, 6.45) is -19.9. The minimum atomic E-state index is -5.33. The smallest absolute Gasteiger partial charge is 0.416 e. The molecule has 1 aliphatic rings. The van der Waals surface area contributed by atoms with Crippen molar-refractivity contribution >= 4 is 42.4 Å². The number of ether oxygens (including phenoxy) is 2. The van der Waals surface area contributed by atoms with Crippen LogP contribution in [0.15, 0.2) is 84.9 Å². The zero-order chi connectivity index (χ0) is 46.6. The zero-order valence-electron chi connectivity index (χ0n) is 35.2. The van der Waals surface area contributed by atoms with Crippen LogP contribution in [-0.4, -0.2) is 19.9 Å². The molecule has 0 N–H and O–H groups in total. The third-order valence-corrected chi connectivity index (χ3v) is 17.0. The first kappa shape index (κ1) is 48.2. The highest BCUT2D eigenvalue weighted by atomic mass is 31.1. The Balaban J connectivity index is 1.60. The van der Waals surface area contributed by atoms with Gasteiger partial charge in [-0.15, -0.1) is 0 Å². The van der Waals surface area contributed by atoms with Crippen molar-refractivity contribution in [3.63, 3.8) is 0 Å². The number of methoxy groups -OCH3 is 2. The van der Waals surface area contributed by atoms with Gasteiger partial charge < -0.3 is 9.47 Å². The second-order valence-electron chi connectivity index (χ2n) is 16.0. The molecule has 0 bridgehead atoms. The zero-order valence-corrected chi connectivity index (χ0v) is 37.0. The van der Waals surface area contributed by atoms with Gasteiger partial charge in [0.1, 0.15) is 11.5 Å². The third kappa shape index (κ3) is 10.2. The molecule has 1 unspecified atom stereocenters. The molecule has 6 rings (SSSR count). The molecular formula is C47H44F12O2P2. The lowest BCUT2D eigenvalue weighted by atomic mass is 9.87. The topological polar surface area (TPSA) is 18.5 Å². The number of alkyl halides is 12. The predicted molar refractivity (Wildman–Crippen MR) is 226 cm³/mol. The lowest BCUT2D eigenvalue weighted by Gasteiger charge is -2.36. The summed E-state index contributed by atoms with van der Waals surface area (Å²) < 4.78 is 183. The average Bonchev–Trinajstić information content (AvgIpc) is 3.67. The Morgan fingerprint density at radius 1 is 0.508 bits per heavy atom. The first-order valence-corrected chi connectivity index (χ1v) is 22.6. The molecule has 1 fully saturated rings. The van der Waals surface area contributed by atoms with Crippen LogP contribution >= 0.6 is 15.8 Å². The van der Waals surface area contributed by atoms with Crippen molar-refractivity contribution < 1.29 is 62.2 Å². The van der Waals surface area contributed by atoms with Crippen LogP contribution in [0, 0.1) is 33.6 Å². The number of rotatable bonds is 10. The Labute approximate surface area is 360 Å². The van der Waals surface area contributed by atoms with E-state index in [-0.39, 0.29) is 12.1 Å². The molecule has 0 spiro atoms. The lowest BCUT2D eigenvalue weighted by Crippen LogP contribution is -2.32. The van der Waals surface area contributed by atoms with Crippen LogP contribution in [0.2, 0.25) is 0 Å². The fraction of sp³-hybridized carbons (Fsp3) is 0.362. The quantitative estimate of drug-likeness (QED) is 0.103. The van der Waals surface area contributed by atoms with E-state index in [0.717, 1.165) is 43.7 Å². The van der Waals surface area contributed by atoms with Gasteiger partial charge in [0.25, 0.3) is 0 Å². The first-order chi connectivity index (χ1) is 29.2. The molecule has 5 aromatic carbocycles. The van der Waals surface area contributed by atoms with Gasteiger partial charge in [-0.3, -0.25) is 0 Å². The normalized spacial score (nSPS) is 16.8. The maximum atomic E-state index is 14.3. The van der Waals surface area contributed by atoms with E-state index in [1.165, 1.54) is 6.92 Å². The monoisotopic (exact) mass is 930 g/mol. The van der Waals surface area contributed by atoms with E-state index in [1.807, 2.05) is 76.2 Å². The molecular weight excluding hydrogens is 886 g/mol. The molecule has 0 amide bonds. The summed E-state index contributed by atoms with van der Waals surface area (Å²) in [6.45, 7) is 9.21. The van der Waals surface area contributed by atoms with Crippen LogP contribution in [0.3, 0.4) is 0 Å². The van der Waals surface area contributed by atoms with Crippen molar-refractivity contribution in [2.45, 2.75) is 90.2 Å². The van der Waals surface area contributed by atoms with Gasteiger partial charge >= 0.3 is 24.7 Å². The highest BCUT2D eigenvalue weighted by Crippen LogP contribution is 2.55. The molecule has 0 heterocycles. The number of hydrogen-bond donors (Lipinski definition) is 0. The van der Waals surface area contributed by atoms with E-state index < -0.39 is 90.9 Å². The van der Waals surface area contributed by atoms with E-state index >= 15 is 0 Å². The van der Waals surface area contributed by atoms with Crippen LogP contribution in [0.25, 0.3) is 0 Å². The van der Waals surface area contributed by atoms with Gasteiger partial charge in [0.05, 0.1) is 36.5 Å². The van der Waals surface area contributed by atoms with Gasteiger partial charge in [0.2, 0.25) is 0 Å². The molecule has 0 radical (unpaired) electrons. The molecule has 2 nitrogen and oxygen atoms in total. The summed E-state index contributed by atoms with van der Waals surface area (Å²) in [5.41, 5.74) is -3.58. The van der Waals surface area contributed by atoms with Gasteiger partial charge in [-0.05, 0) is 189 Å². The summed E-state index contributed by atoms with van der Waals surface area (Å²) in [7, 11) is -1.01. The van der Waals surface area contributed by atoms with Crippen LogP contribution in [-0.2, 0) is 24.7 Å². The Hall–Kier alpha value is -4.28. The summed E-state index contributed by atoms with van der Waals surface area (Å²) in [5, 5.41) is 1.53. The Morgan fingerprint density at radius 2 is 0.873 bits per heavy atom. The summed E-state index contributed by atoms with van der Waals surface area (Å²) >= 11 is 0. The van der Waals surface area contributed by atoms with Crippen LogP contribution < -0.4 is 36.0 Å². The van der Waals surface area contributed by atoms with Crippen molar-refractivity contribution in [2.75, 3.05) is 14.2 Å². The lowest BCUT2D eigenvalue weighted by molar-refractivity contribution is -0.144. The minimum absolute atomic E-state index is 0.100. The highest BCUT2D eigenvalue weighted by molar-refractivity contribution is 7.80. The van der Waals surface area contributed by atoms with E-state index in [1.54, 1.807) is 14.2 Å². The minimum Gasteiger partial charge on any atom is -0.496 e. The molecule has 1 saturated carbocycles. The Kier molecular flexibility index (Phi) is 13.7. The highest BCUT2D eigenvalue weighted by Gasteiger charge is 2.44. The van der Waals surface area contributed by atoms with Crippen molar-refractivity contribution in [3.8, 4) is 11.5 Å². The molecule has 63 heavy (non-hydrogen) atoms. The van der Waals surface area contributed by atoms with Crippen molar-refractivity contribution in [3.05, 3.63) is 135 Å². The molecule has 1 aliphatic carbocycles. The largest absolute Gasteiger partial charge is 0.496 e. The molecule has 0 saturated heterocycles. The van der Waals surface area contributed by atoms with Gasteiger partial charge in [0, 0.05) is 0 Å². The van der Waals surface area contributed by atoms with Crippen LogP contribution in [0.5, 0.6) is 11.5 Å². The summed E-state index contributed by atoms with van der Waals surface area (Å²) in [6, 6.07) is 17.2. The fourth-order valence-corrected chi connectivity index (χ4v) is 15.1. The van der Waals surface area contributed by atoms with Crippen LogP contribution in [0.1, 0.15) is 82.2 Å². The number of hydrogen-bond acceptors (Lipinski definition) is 2.